The molecular weight excluding hydrogens is 310 g/mol. The number of nitrogens with zero attached hydrogens (tertiary/aromatic N) is 3. The average molecular weight is 332 g/mol. The van der Waals surface area contributed by atoms with Crippen LogP contribution in [0.15, 0.2) is 42.7 Å². The molecule has 122 valence electrons. The number of pyridine rings is 1. The van der Waals surface area contributed by atoms with Crippen molar-refractivity contribution < 1.29 is 4.74 Å². The van der Waals surface area contributed by atoms with E-state index < -0.39 is 0 Å². The molecule has 0 amide bonds. The Kier molecular flexibility index (Phi) is 5.36. The second kappa shape index (κ2) is 7.66. The van der Waals surface area contributed by atoms with E-state index in [1.54, 1.807) is 19.5 Å². The average Bonchev–Trinajstić information content (AvgIpc) is 2.82. The van der Waals surface area contributed by atoms with Gasteiger partial charge in [-0.1, -0.05) is 23.7 Å². The van der Waals surface area contributed by atoms with Crippen molar-refractivity contribution in [3.8, 4) is 5.75 Å². The summed E-state index contributed by atoms with van der Waals surface area (Å²) in [6.07, 6.45) is 4.66. The molecule has 1 aromatic heterocycles. The van der Waals surface area contributed by atoms with Crippen LogP contribution in [0, 0.1) is 0 Å². The third kappa shape index (κ3) is 4.15. The Morgan fingerprint density at radius 2 is 1.91 bits per heavy atom. The second-order valence-corrected chi connectivity index (χ2v) is 6.20. The molecule has 0 unspecified atom stereocenters. The van der Waals surface area contributed by atoms with Crippen LogP contribution >= 0.6 is 11.6 Å². The zero-order valence-corrected chi connectivity index (χ0v) is 14.2. The minimum atomic E-state index is 0.733. The van der Waals surface area contributed by atoms with Crippen LogP contribution in [0.5, 0.6) is 5.75 Å². The van der Waals surface area contributed by atoms with Crippen molar-refractivity contribution >= 4 is 17.3 Å². The van der Waals surface area contributed by atoms with Gasteiger partial charge in [0.1, 0.15) is 5.75 Å². The van der Waals surface area contributed by atoms with E-state index in [4.69, 9.17) is 16.3 Å². The van der Waals surface area contributed by atoms with Crippen molar-refractivity contribution in [3.63, 3.8) is 0 Å². The summed E-state index contributed by atoms with van der Waals surface area (Å²) in [5.74, 6) is 0.906. The fourth-order valence-corrected chi connectivity index (χ4v) is 3.22. The van der Waals surface area contributed by atoms with Crippen molar-refractivity contribution in [1.82, 2.24) is 9.88 Å². The maximum atomic E-state index is 6.28. The van der Waals surface area contributed by atoms with E-state index in [9.17, 15) is 0 Å². The molecule has 1 aliphatic rings. The van der Waals surface area contributed by atoms with Gasteiger partial charge in [0.2, 0.25) is 0 Å². The molecule has 0 N–H and O–H groups in total. The predicted molar refractivity (Wildman–Crippen MR) is 94.3 cm³/mol. The number of methoxy groups -OCH3 is 1. The fourth-order valence-electron chi connectivity index (χ4n) is 2.98. The Morgan fingerprint density at radius 3 is 2.65 bits per heavy atom. The van der Waals surface area contributed by atoms with Gasteiger partial charge in [0.05, 0.1) is 17.8 Å². The lowest BCUT2D eigenvalue weighted by atomic mass is 10.2. The first kappa shape index (κ1) is 16.1. The number of ether oxygens (including phenoxy) is 1. The summed E-state index contributed by atoms with van der Waals surface area (Å²) < 4.78 is 5.22. The summed E-state index contributed by atoms with van der Waals surface area (Å²) in [6, 6.07) is 10.3. The molecule has 0 bridgehead atoms. The maximum Gasteiger partial charge on any atom is 0.118 e. The van der Waals surface area contributed by atoms with Crippen molar-refractivity contribution in [2.75, 3.05) is 38.2 Å². The van der Waals surface area contributed by atoms with Gasteiger partial charge in [-0.15, -0.1) is 0 Å². The van der Waals surface area contributed by atoms with E-state index in [2.05, 4.69) is 26.9 Å². The van der Waals surface area contributed by atoms with E-state index in [-0.39, 0.29) is 0 Å². The van der Waals surface area contributed by atoms with Crippen LogP contribution in [0.4, 0.5) is 5.69 Å². The van der Waals surface area contributed by atoms with E-state index in [0.29, 0.717) is 0 Å². The molecule has 23 heavy (non-hydrogen) atoms. The number of benzene rings is 1. The standard InChI is InChI=1S/C18H22ClN3O/c1-23-16-5-3-15(4-6-16)14-21-9-2-10-22(12-11-21)18-7-8-20-13-17(18)19/h3-8,13H,2,9-12,14H2,1H3. The smallest absolute Gasteiger partial charge is 0.118 e. The molecule has 0 radical (unpaired) electrons. The third-order valence-corrected chi connectivity index (χ3v) is 4.54. The molecule has 3 rings (SSSR count). The molecule has 0 spiro atoms. The monoisotopic (exact) mass is 331 g/mol. The SMILES string of the molecule is COc1ccc(CN2CCCN(c3ccncc3Cl)CC2)cc1. The first-order chi connectivity index (χ1) is 11.3. The van der Waals surface area contributed by atoms with Gasteiger partial charge in [-0.2, -0.15) is 0 Å². The molecule has 1 aromatic carbocycles. The number of hydrogen-bond acceptors (Lipinski definition) is 4. The van der Waals surface area contributed by atoms with Crippen LogP contribution in [0.2, 0.25) is 5.02 Å². The topological polar surface area (TPSA) is 28.6 Å². The molecule has 1 fully saturated rings. The van der Waals surface area contributed by atoms with Crippen LogP contribution in [-0.2, 0) is 6.54 Å². The van der Waals surface area contributed by atoms with Crippen molar-refractivity contribution in [3.05, 3.63) is 53.3 Å². The van der Waals surface area contributed by atoms with Crippen LogP contribution in [-0.4, -0.2) is 43.2 Å². The van der Waals surface area contributed by atoms with Gasteiger partial charge >= 0.3 is 0 Å². The molecule has 0 aliphatic carbocycles. The number of halogens is 1. The molecule has 2 aromatic rings. The van der Waals surface area contributed by atoms with E-state index >= 15 is 0 Å². The van der Waals surface area contributed by atoms with Gasteiger partial charge < -0.3 is 9.64 Å². The molecule has 1 aliphatic heterocycles. The van der Waals surface area contributed by atoms with E-state index in [1.165, 1.54) is 5.56 Å². The van der Waals surface area contributed by atoms with Crippen molar-refractivity contribution in [2.24, 2.45) is 0 Å². The zero-order valence-electron chi connectivity index (χ0n) is 13.4. The Morgan fingerprint density at radius 1 is 1.09 bits per heavy atom. The normalized spacial score (nSPS) is 16.2. The summed E-state index contributed by atoms with van der Waals surface area (Å²) in [5.41, 5.74) is 2.41. The maximum absolute atomic E-state index is 6.28. The number of aromatic nitrogens is 1. The number of anilines is 1. The Labute approximate surface area is 142 Å². The minimum absolute atomic E-state index is 0.733. The number of rotatable bonds is 4. The Hall–Kier alpha value is -1.78. The summed E-state index contributed by atoms with van der Waals surface area (Å²) in [5, 5.41) is 0.733. The summed E-state index contributed by atoms with van der Waals surface area (Å²) in [6.45, 7) is 5.13. The lowest BCUT2D eigenvalue weighted by molar-refractivity contribution is 0.285. The molecule has 5 heteroatoms. The van der Waals surface area contributed by atoms with Gasteiger partial charge in [-0.25, -0.2) is 0 Å². The molecule has 0 saturated carbocycles. The Bertz CT molecular complexity index is 632. The van der Waals surface area contributed by atoms with Gasteiger partial charge in [-0.05, 0) is 30.2 Å². The van der Waals surface area contributed by atoms with Crippen LogP contribution < -0.4 is 9.64 Å². The fraction of sp³-hybridized carbons (Fsp3) is 0.389. The van der Waals surface area contributed by atoms with Gasteiger partial charge in [0.15, 0.2) is 0 Å². The van der Waals surface area contributed by atoms with Crippen molar-refractivity contribution in [2.45, 2.75) is 13.0 Å². The highest BCUT2D eigenvalue weighted by Gasteiger charge is 2.17. The number of hydrogen-bond donors (Lipinski definition) is 0. The summed E-state index contributed by atoms with van der Waals surface area (Å²) >= 11 is 6.28. The molecule has 2 heterocycles. The van der Waals surface area contributed by atoms with Crippen molar-refractivity contribution in [1.29, 1.82) is 0 Å². The highest BCUT2D eigenvalue weighted by molar-refractivity contribution is 6.33. The highest BCUT2D eigenvalue weighted by Crippen LogP contribution is 2.25. The molecule has 1 saturated heterocycles. The van der Waals surface area contributed by atoms with Gasteiger partial charge in [0.25, 0.3) is 0 Å². The van der Waals surface area contributed by atoms with E-state index in [1.807, 2.05) is 18.2 Å². The minimum Gasteiger partial charge on any atom is -0.497 e. The first-order valence-electron chi connectivity index (χ1n) is 7.96. The van der Waals surface area contributed by atoms with Crippen LogP contribution in [0.3, 0.4) is 0 Å². The van der Waals surface area contributed by atoms with Crippen LogP contribution in [0.25, 0.3) is 0 Å². The lowest BCUT2D eigenvalue weighted by Crippen LogP contribution is -2.30. The zero-order chi connectivity index (χ0) is 16.1. The molecule has 0 atom stereocenters. The predicted octanol–water partition coefficient (Wildman–Crippen LogP) is 3.46. The highest BCUT2D eigenvalue weighted by atomic mass is 35.5. The first-order valence-corrected chi connectivity index (χ1v) is 8.34. The molecule has 4 nitrogen and oxygen atoms in total. The Balaban J connectivity index is 1.61. The lowest BCUT2D eigenvalue weighted by Gasteiger charge is -2.24. The van der Waals surface area contributed by atoms with Gasteiger partial charge in [-0.3, -0.25) is 9.88 Å². The summed E-state index contributed by atoms with van der Waals surface area (Å²) in [7, 11) is 1.70. The third-order valence-electron chi connectivity index (χ3n) is 4.25. The quantitative estimate of drug-likeness (QED) is 0.858. The van der Waals surface area contributed by atoms with E-state index in [0.717, 1.165) is 55.6 Å². The molecular formula is C18H22ClN3O. The largest absolute Gasteiger partial charge is 0.497 e. The summed E-state index contributed by atoms with van der Waals surface area (Å²) in [4.78, 5) is 8.92. The second-order valence-electron chi connectivity index (χ2n) is 5.79. The van der Waals surface area contributed by atoms with Crippen LogP contribution in [0.1, 0.15) is 12.0 Å². The van der Waals surface area contributed by atoms with Gasteiger partial charge in [0, 0.05) is 45.1 Å².